The van der Waals surface area contributed by atoms with Crippen LogP contribution in [0.3, 0.4) is 0 Å². The second kappa shape index (κ2) is 6.31. The Kier molecular flexibility index (Phi) is 4.71. The summed E-state index contributed by atoms with van der Waals surface area (Å²) in [5, 5.41) is 12.5. The summed E-state index contributed by atoms with van der Waals surface area (Å²) in [6, 6.07) is -0.0210. The monoisotopic (exact) mass is 301 g/mol. The van der Waals surface area contributed by atoms with E-state index in [9.17, 15) is 13.2 Å². The molecule has 0 aliphatic carbocycles. The van der Waals surface area contributed by atoms with Crippen LogP contribution >= 0.6 is 0 Å². The highest BCUT2D eigenvalue weighted by atomic mass is 32.2. The number of aromatic amines is 1. The van der Waals surface area contributed by atoms with Gasteiger partial charge in [0, 0.05) is 19.1 Å². The van der Waals surface area contributed by atoms with Crippen LogP contribution in [0.1, 0.15) is 36.7 Å². The fourth-order valence-electron chi connectivity index (χ4n) is 2.24. The van der Waals surface area contributed by atoms with E-state index in [0.29, 0.717) is 32.4 Å². The van der Waals surface area contributed by atoms with E-state index in [1.807, 2.05) is 6.92 Å². The molecule has 0 bridgehead atoms. The topological polar surface area (TPSA) is 108 Å². The lowest BCUT2D eigenvalue weighted by Gasteiger charge is -2.31. The SMILES string of the molecule is CCCS(=O)(=O)N1CCC(NC(=O)c2cn[nH]n2)CC1. The molecule has 1 amide bonds. The van der Waals surface area contributed by atoms with Gasteiger partial charge in [0.25, 0.3) is 5.91 Å². The maximum atomic E-state index is 11.9. The van der Waals surface area contributed by atoms with Gasteiger partial charge in [0.05, 0.1) is 11.9 Å². The van der Waals surface area contributed by atoms with Gasteiger partial charge in [0.2, 0.25) is 10.0 Å². The molecule has 2 heterocycles. The van der Waals surface area contributed by atoms with E-state index in [1.54, 1.807) is 0 Å². The molecule has 8 nitrogen and oxygen atoms in total. The molecule has 1 fully saturated rings. The number of hydrogen-bond donors (Lipinski definition) is 2. The molecule has 112 valence electrons. The van der Waals surface area contributed by atoms with Crippen LogP contribution < -0.4 is 5.32 Å². The molecular weight excluding hydrogens is 282 g/mol. The second-order valence-corrected chi connectivity index (χ2v) is 6.91. The van der Waals surface area contributed by atoms with Gasteiger partial charge in [0.1, 0.15) is 0 Å². The maximum Gasteiger partial charge on any atom is 0.273 e. The minimum Gasteiger partial charge on any atom is -0.348 e. The van der Waals surface area contributed by atoms with Gasteiger partial charge in [-0.25, -0.2) is 12.7 Å². The lowest BCUT2D eigenvalue weighted by molar-refractivity contribution is 0.0918. The average molecular weight is 301 g/mol. The minimum absolute atomic E-state index is 0.0210. The molecule has 0 aromatic carbocycles. The number of nitrogens with one attached hydrogen (secondary N) is 2. The Morgan fingerprint density at radius 2 is 2.20 bits per heavy atom. The Hall–Kier alpha value is -1.48. The van der Waals surface area contributed by atoms with Crippen molar-refractivity contribution < 1.29 is 13.2 Å². The fourth-order valence-corrected chi connectivity index (χ4v) is 3.78. The van der Waals surface area contributed by atoms with E-state index in [-0.39, 0.29) is 23.4 Å². The van der Waals surface area contributed by atoms with Gasteiger partial charge in [-0.2, -0.15) is 15.4 Å². The van der Waals surface area contributed by atoms with Crippen molar-refractivity contribution in [3.05, 3.63) is 11.9 Å². The Bertz CT molecular complexity index is 534. The minimum atomic E-state index is -3.14. The fraction of sp³-hybridized carbons (Fsp3) is 0.727. The van der Waals surface area contributed by atoms with Crippen molar-refractivity contribution >= 4 is 15.9 Å². The zero-order chi connectivity index (χ0) is 14.6. The van der Waals surface area contributed by atoms with Crippen molar-refractivity contribution in [2.75, 3.05) is 18.8 Å². The predicted octanol–water partition coefficient (Wildman–Crippen LogP) is -0.261. The highest BCUT2D eigenvalue weighted by Crippen LogP contribution is 2.15. The smallest absolute Gasteiger partial charge is 0.273 e. The van der Waals surface area contributed by atoms with Crippen molar-refractivity contribution in [3.8, 4) is 0 Å². The number of hydrogen-bond acceptors (Lipinski definition) is 5. The summed E-state index contributed by atoms with van der Waals surface area (Å²) in [5.74, 6) is -0.100. The number of rotatable bonds is 5. The van der Waals surface area contributed by atoms with Gasteiger partial charge >= 0.3 is 0 Å². The van der Waals surface area contributed by atoms with E-state index >= 15 is 0 Å². The number of H-pyrrole nitrogens is 1. The molecule has 2 rings (SSSR count). The standard InChI is InChI=1S/C11H19N5O3S/c1-2-7-20(18,19)16-5-3-9(4-6-16)13-11(17)10-8-12-15-14-10/h8-9H,2-7H2,1H3,(H,13,17)(H,12,14,15). The summed E-state index contributed by atoms with van der Waals surface area (Å²) in [6.07, 6.45) is 3.21. The lowest BCUT2D eigenvalue weighted by Crippen LogP contribution is -2.47. The van der Waals surface area contributed by atoms with Gasteiger partial charge in [0.15, 0.2) is 5.69 Å². The molecule has 1 aliphatic heterocycles. The normalized spacial score (nSPS) is 18.1. The Morgan fingerprint density at radius 1 is 1.50 bits per heavy atom. The van der Waals surface area contributed by atoms with Crippen molar-refractivity contribution in [2.24, 2.45) is 0 Å². The number of amides is 1. The van der Waals surface area contributed by atoms with E-state index in [2.05, 4.69) is 20.7 Å². The predicted molar refractivity (Wildman–Crippen MR) is 72.5 cm³/mol. The second-order valence-electron chi connectivity index (χ2n) is 4.82. The first-order valence-electron chi connectivity index (χ1n) is 6.67. The molecule has 2 N–H and O–H groups in total. The van der Waals surface area contributed by atoms with Crippen molar-refractivity contribution in [3.63, 3.8) is 0 Å². The van der Waals surface area contributed by atoms with Crippen LogP contribution in [0.4, 0.5) is 0 Å². The number of carbonyl (C=O) groups is 1. The molecule has 0 spiro atoms. The molecule has 1 aliphatic rings. The largest absolute Gasteiger partial charge is 0.348 e. The molecular formula is C11H19N5O3S. The Balaban J connectivity index is 1.84. The zero-order valence-electron chi connectivity index (χ0n) is 11.4. The summed E-state index contributed by atoms with van der Waals surface area (Å²) in [7, 11) is -3.14. The van der Waals surface area contributed by atoms with Gasteiger partial charge in [-0.1, -0.05) is 6.92 Å². The lowest BCUT2D eigenvalue weighted by atomic mass is 10.1. The van der Waals surface area contributed by atoms with Crippen LogP contribution in [-0.4, -0.2) is 58.9 Å². The molecule has 0 unspecified atom stereocenters. The van der Waals surface area contributed by atoms with Crippen LogP contribution in [0.5, 0.6) is 0 Å². The van der Waals surface area contributed by atoms with Gasteiger partial charge in [-0.15, -0.1) is 0 Å². The number of aromatic nitrogens is 3. The average Bonchev–Trinajstić information content (AvgIpc) is 2.93. The quantitative estimate of drug-likeness (QED) is 0.779. The summed E-state index contributed by atoms with van der Waals surface area (Å²) >= 11 is 0. The molecule has 0 saturated carbocycles. The van der Waals surface area contributed by atoms with E-state index in [4.69, 9.17) is 0 Å². The van der Waals surface area contributed by atoms with Crippen LogP contribution in [0.15, 0.2) is 6.20 Å². The highest BCUT2D eigenvalue weighted by molar-refractivity contribution is 7.89. The molecule has 9 heteroatoms. The highest BCUT2D eigenvalue weighted by Gasteiger charge is 2.28. The Labute approximate surface area is 118 Å². The third-order valence-corrected chi connectivity index (χ3v) is 5.37. The van der Waals surface area contributed by atoms with Gasteiger partial charge in [-0.3, -0.25) is 4.79 Å². The molecule has 1 aromatic heterocycles. The number of sulfonamides is 1. The Morgan fingerprint density at radius 3 is 2.75 bits per heavy atom. The molecule has 20 heavy (non-hydrogen) atoms. The van der Waals surface area contributed by atoms with E-state index in [1.165, 1.54) is 10.5 Å². The van der Waals surface area contributed by atoms with Crippen LogP contribution in [0.25, 0.3) is 0 Å². The zero-order valence-corrected chi connectivity index (χ0v) is 12.2. The van der Waals surface area contributed by atoms with Gasteiger partial charge < -0.3 is 5.32 Å². The summed E-state index contributed by atoms with van der Waals surface area (Å²) in [4.78, 5) is 11.8. The number of nitrogens with zero attached hydrogens (tertiary/aromatic N) is 3. The van der Waals surface area contributed by atoms with Crippen LogP contribution in [0.2, 0.25) is 0 Å². The van der Waals surface area contributed by atoms with Crippen molar-refractivity contribution in [1.29, 1.82) is 0 Å². The van der Waals surface area contributed by atoms with Crippen LogP contribution in [-0.2, 0) is 10.0 Å². The molecule has 0 atom stereocenters. The first kappa shape index (κ1) is 14.9. The first-order valence-corrected chi connectivity index (χ1v) is 8.28. The third-order valence-electron chi connectivity index (χ3n) is 3.29. The van der Waals surface area contributed by atoms with E-state index in [0.717, 1.165) is 0 Å². The summed E-state index contributed by atoms with van der Waals surface area (Å²) in [5.41, 5.74) is 0.242. The summed E-state index contributed by atoms with van der Waals surface area (Å²) in [6.45, 7) is 2.75. The summed E-state index contributed by atoms with van der Waals surface area (Å²) < 4.78 is 25.3. The van der Waals surface area contributed by atoms with Crippen LogP contribution in [0, 0.1) is 0 Å². The first-order chi connectivity index (χ1) is 9.53. The third kappa shape index (κ3) is 3.54. The van der Waals surface area contributed by atoms with Crippen molar-refractivity contribution in [1.82, 2.24) is 25.0 Å². The number of piperidine rings is 1. The molecule has 0 radical (unpaired) electrons. The maximum absolute atomic E-state index is 11.9. The van der Waals surface area contributed by atoms with Crippen molar-refractivity contribution in [2.45, 2.75) is 32.2 Å². The molecule has 1 saturated heterocycles. The van der Waals surface area contributed by atoms with Gasteiger partial charge in [-0.05, 0) is 19.3 Å². The molecule has 1 aromatic rings. The van der Waals surface area contributed by atoms with E-state index < -0.39 is 10.0 Å². The number of carbonyl (C=O) groups excluding carboxylic acids is 1.